The quantitative estimate of drug-likeness (QED) is 0.343. The van der Waals surface area contributed by atoms with Gasteiger partial charge in [-0.25, -0.2) is 17.2 Å². The van der Waals surface area contributed by atoms with Crippen LogP contribution in [0.25, 0.3) is 11.5 Å². The van der Waals surface area contributed by atoms with Crippen LogP contribution in [0.3, 0.4) is 0 Å². The summed E-state index contributed by atoms with van der Waals surface area (Å²) in [6.07, 6.45) is 0. The predicted molar refractivity (Wildman–Crippen MR) is 132 cm³/mol. The summed E-state index contributed by atoms with van der Waals surface area (Å²) in [5, 5.41) is 4.67. The molecule has 5 rings (SSSR count). The van der Waals surface area contributed by atoms with E-state index in [0.29, 0.717) is 25.3 Å². The van der Waals surface area contributed by atoms with Crippen molar-refractivity contribution in [3.05, 3.63) is 82.6 Å². The van der Waals surface area contributed by atoms with Gasteiger partial charge in [-0.3, -0.25) is 4.90 Å². The minimum atomic E-state index is -4.37. The lowest BCUT2D eigenvalue weighted by Gasteiger charge is -2.34. The molecule has 1 saturated heterocycles. The van der Waals surface area contributed by atoms with Gasteiger partial charge in [0, 0.05) is 30.1 Å². The van der Waals surface area contributed by atoms with Crippen LogP contribution < -0.4 is 5.32 Å². The van der Waals surface area contributed by atoms with Crippen molar-refractivity contribution in [2.75, 3.05) is 38.2 Å². The molecule has 7 nitrogen and oxygen atoms in total. The monoisotopic (exact) mass is 531 g/mol. The zero-order valence-corrected chi connectivity index (χ0v) is 20.7. The molecule has 1 atom stereocenters. The highest BCUT2D eigenvalue weighted by atomic mass is 32.2. The number of sulfone groups is 1. The Balaban J connectivity index is 1.52. The summed E-state index contributed by atoms with van der Waals surface area (Å²) in [5.74, 6) is -1.47. The van der Waals surface area contributed by atoms with E-state index in [0.717, 1.165) is 24.0 Å². The molecule has 1 aliphatic heterocycles. The van der Waals surface area contributed by atoms with E-state index < -0.39 is 31.4 Å². The zero-order valence-electron chi connectivity index (χ0n) is 19.1. The topological polar surface area (TPSA) is 84.7 Å². The molecule has 2 aromatic heterocycles. The number of rotatable bonds is 8. The molecule has 1 unspecified atom stereocenters. The van der Waals surface area contributed by atoms with E-state index in [4.69, 9.17) is 9.15 Å². The Morgan fingerprint density at radius 2 is 1.78 bits per heavy atom. The number of hydrogen-bond acceptors (Lipinski definition) is 8. The number of anilines is 1. The third kappa shape index (κ3) is 5.05. The van der Waals surface area contributed by atoms with Crippen molar-refractivity contribution in [2.45, 2.75) is 16.0 Å². The van der Waals surface area contributed by atoms with E-state index in [2.05, 4.69) is 15.2 Å². The molecule has 1 fully saturated rings. The van der Waals surface area contributed by atoms with Crippen LogP contribution in [0.5, 0.6) is 0 Å². The van der Waals surface area contributed by atoms with E-state index in [9.17, 15) is 17.2 Å². The number of morpholine rings is 1. The van der Waals surface area contributed by atoms with Crippen molar-refractivity contribution in [3.63, 3.8) is 0 Å². The van der Waals surface area contributed by atoms with E-state index in [1.165, 1.54) is 42.5 Å². The second-order valence-electron chi connectivity index (χ2n) is 8.15. The first-order valence-corrected chi connectivity index (χ1v) is 13.7. The molecule has 188 valence electrons. The van der Waals surface area contributed by atoms with Crippen LogP contribution in [-0.2, 0) is 14.6 Å². The number of benzene rings is 2. The molecule has 1 N–H and O–H groups in total. The highest BCUT2D eigenvalue weighted by Crippen LogP contribution is 2.34. The molecular weight excluding hydrogens is 508 g/mol. The number of nitrogens with zero attached hydrogens (tertiary/aromatic N) is 2. The van der Waals surface area contributed by atoms with Gasteiger partial charge in [0.1, 0.15) is 16.5 Å². The Kier molecular flexibility index (Phi) is 7.15. The maximum atomic E-state index is 14.5. The van der Waals surface area contributed by atoms with Crippen molar-refractivity contribution in [1.82, 2.24) is 9.88 Å². The lowest BCUT2D eigenvalue weighted by Crippen LogP contribution is -2.41. The van der Waals surface area contributed by atoms with Crippen LogP contribution in [-0.4, -0.2) is 51.1 Å². The third-order valence-corrected chi connectivity index (χ3v) is 8.55. The molecule has 0 radical (unpaired) electrons. The molecule has 0 saturated carbocycles. The predicted octanol–water partition coefficient (Wildman–Crippen LogP) is 5.00. The van der Waals surface area contributed by atoms with Crippen molar-refractivity contribution in [1.29, 1.82) is 0 Å². The van der Waals surface area contributed by atoms with E-state index in [1.807, 2.05) is 17.5 Å². The van der Waals surface area contributed by atoms with Crippen LogP contribution in [0, 0.1) is 11.6 Å². The molecule has 3 heterocycles. The summed E-state index contributed by atoms with van der Waals surface area (Å²) in [4.78, 5) is 7.06. The maximum Gasteiger partial charge on any atom is 0.233 e. The number of thiophene rings is 1. The van der Waals surface area contributed by atoms with Gasteiger partial charge in [-0.15, -0.1) is 11.3 Å². The smallest absolute Gasteiger partial charge is 0.233 e. The molecule has 11 heteroatoms. The van der Waals surface area contributed by atoms with Crippen molar-refractivity contribution < 1.29 is 26.4 Å². The molecule has 36 heavy (non-hydrogen) atoms. The first-order chi connectivity index (χ1) is 17.4. The standard InChI is InChI=1S/C25H23F2N3O4S2/c26-18-9-7-17(8-10-18)23-29-25(36(31,32)22-6-2-1-4-19(22)27)24(34-23)28-16-20(21-5-3-15-35-21)30-11-13-33-14-12-30/h1-10,15,20,28H,11-14,16H2. The van der Waals surface area contributed by atoms with Gasteiger partial charge in [-0.2, -0.15) is 4.98 Å². The number of nitrogens with one attached hydrogen (secondary N) is 1. The number of ether oxygens (including phenoxy) is 1. The molecule has 4 aromatic rings. The average Bonchev–Trinajstić information content (AvgIpc) is 3.57. The third-order valence-electron chi connectivity index (χ3n) is 5.88. The highest BCUT2D eigenvalue weighted by molar-refractivity contribution is 7.91. The van der Waals surface area contributed by atoms with E-state index >= 15 is 0 Å². The molecule has 0 spiro atoms. The SMILES string of the molecule is O=S(=O)(c1ccccc1F)c1nc(-c2ccc(F)cc2)oc1NCC(c1cccs1)N1CCOCC1. The van der Waals surface area contributed by atoms with Crippen LogP contribution in [0.4, 0.5) is 14.7 Å². The minimum Gasteiger partial charge on any atom is -0.419 e. The largest absolute Gasteiger partial charge is 0.419 e. The lowest BCUT2D eigenvalue weighted by atomic mass is 10.2. The van der Waals surface area contributed by atoms with Crippen molar-refractivity contribution >= 4 is 27.1 Å². The van der Waals surface area contributed by atoms with Gasteiger partial charge in [-0.1, -0.05) is 18.2 Å². The van der Waals surface area contributed by atoms with Gasteiger partial charge >= 0.3 is 0 Å². The number of hydrogen-bond donors (Lipinski definition) is 1. The Hall–Kier alpha value is -3.12. The van der Waals surface area contributed by atoms with Crippen LogP contribution in [0.15, 0.2) is 80.4 Å². The van der Waals surface area contributed by atoms with Gasteiger partial charge in [0.2, 0.25) is 26.6 Å². The fraction of sp³-hybridized carbons (Fsp3) is 0.240. The number of aromatic nitrogens is 1. The fourth-order valence-electron chi connectivity index (χ4n) is 4.05. The van der Waals surface area contributed by atoms with E-state index in [1.54, 1.807) is 11.3 Å². The normalized spacial score (nSPS) is 15.6. The lowest BCUT2D eigenvalue weighted by molar-refractivity contribution is 0.0193. The molecular formula is C25H23F2N3O4S2. The Morgan fingerprint density at radius 3 is 2.47 bits per heavy atom. The van der Waals surface area contributed by atoms with Gasteiger partial charge in [0.05, 0.1) is 19.3 Å². The van der Waals surface area contributed by atoms with Gasteiger partial charge in [0.25, 0.3) is 0 Å². The van der Waals surface area contributed by atoms with Gasteiger partial charge in [-0.05, 0) is 47.8 Å². The van der Waals surface area contributed by atoms with E-state index in [-0.39, 0.29) is 17.8 Å². The van der Waals surface area contributed by atoms with Crippen LogP contribution in [0.2, 0.25) is 0 Å². The second-order valence-corrected chi connectivity index (χ2v) is 11.0. The fourth-order valence-corrected chi connectivity index (χ4v) is 6.26. The summed E-state index contributed by atoms with van der Waals surface area (Å²) in [5.41, 5.74) is 0.386. The number of halogens is 2. The molecule has 2 aromatic carbocycles. The highest BCUT2D eigenvalue weighted by Gasteiger charge is 2.32. The Labute approximate surface area is 211 Å². The van der Waals surface area contributed by atoms with Crippen LogP contribution in [0.1, 0.15) is 10.9 Å². The van der Waals surface area contributed by atoms with Gasteiger partial charge in [0.15, 0.2) is 0 Å². The Bertz CT molecular complexity index is 1420. The molecule has 0 aliphatic carbocycles. The molecule has 1 aliphatic rings. The first-order valence-electron chi connectivity index (χ1n) is 11.3. The minimum absolute atomic E-state index is 0.0218. The average molecular weight is 532 g/mol. The summed E-state index contributed by atoms with van der Waals surface area (Å²) in [7, 11) is -4.37. The first kappa shape index (κ1) is 24.6. The second kappa shape index (κ2) is 10.5. The number of oxazole rings is 1. The van der Waals surface area contributed by atoms with Crippen molar-refractivity contribution in [2.24, 2.45) is 0 Å². The van der Waals surface area contributed by atoms with Gasteiger partial charge < -0.3 is 14.5 Å². The zero-order chi connectivity index (χ0) is 25.1. The summed E-state index contributed by atoms with van der Waals surface area (Å²) in [6, 6.07) is 14.3. The molecule has 0 amide bonds. The summed E-state index contributed by atoms with van der Waals surface area (Å²) in [6.45, 7) is 2.97. The Morgan fingerprint density at radius 1 is 1.03 bits per heavy atom. The maximum absolute atomic E-state index is 14.5. The van der Waals surface area contributed by atoms with Crippen molar-refractivity contribution in [3.8, 4) is 11.5 Å². The van der Waals surface area contributed by atoms with Crippen LogP contribution >= 0.6 is 11.3 Å². The summed E-state index contributed by atoms with van der Waals surface area (Å²) >= 11 is 1.60. The molecule has 0 bridgehead atoms. The summed E-state index contributed by atoms with van der Waals surface area (Å²) < 4.78 is 66.2.